The molecule has 0 unspecified atom stereocenters. The van der Waals surface area contributed by atoms with E-state index in [2.05, 4.69) is 0 Å². The summed E-state index contributed by atoms with van der Waals surface area (Å²) < 4.78 is 57.9. The van der Waals surface area contributed by atoms with Crippen LogP contribution in [-0.4, -0.2) is 105 Å². The van der Waals surface area contributed by atoms with Gasteiger partial charge in [-0.2, -0.15) is 0 Å². The lowest BCUT2D eigenvalue weighted by molar-refractivity contribution is -0.297. The number of carbonyl (C=O) groups is 4. The first-order chi connectivity index (χ1) is 28.1. The Morgan fingerprint density at radius 1 is 0.483 bits per heavy atom. The largest absolute Gasteiger partial charge is 0.493 e. The zero-order valence-corrected chi connectivity index (χ0v) is 33.6. The Labute approximate surface area is 336 Å². The molecule has 1 heterocycles. The molecule has 7 aliphatic rings. The van der Waals surface area contributed by atoms with Crippen molar-refractivity contribution in [2.24, 2.45) is 35.5 Å². The molecule has 0 N–H and O–H groups in total. The molecule has 9 rings (SSSR count). The van der Waals surface area contributed by atoms with Gasteiger partial charge in [0.1, 0.15) is 0 Å². The number of carbonyl (C=O) groups excluding carboxylic acids is 4. The van der Waals surface area contributed by atoms with E-state index in [9.17, 15) is 19.2 Å². The molecule has 14 nitrogen and oxygen atoms in total. The second kappa shape index (κ2) is 16.7. The van der Waals surface area contributed by atoms with Crippen molar-refractivity contribution in [2.45, 2.75) is 36.3 Å². The molecule has 0 amide bonds. The zero-order chi connectivity index (χ0) is 41.4. The number of hydrogen-bond donors (Lipinski definition) is 0. The van der Waals surface area contributed by atoms with Crippen LogP contribution in [0.1, 0.15) is 23.0 Å². The second-order valence-corrected chi connectivity index (χ2v) is 14.8. The highest BCUT2D eigenvalue weighted by Crippen LogP contribution is 2.63. The SMILES string of the molecule is COC(=O)/C=C\C1=C[C@H]2[C@H]3O[C@@H]4[C@H](O[C@H]3[C@@H]1[C@H](c1ccc(OC)c(OC)c1)[C@H]2C(=O)OC)[C@@H]1C=C(/C=C/C(=O)OC)[C@H]4[C@H](c2ccc(OC)c(OC)c2)[C@H]1C(=O)OC. The van der Waals surface area contributed by atoms with Gasteiger partial charge in [-0.3, -0.25) is 9.59 Å². The van der Waals surface area contributed by atoms with Crippen LogP contribution in [0.15, 0.2) is 84.0 Å². The summed E-state index contributed by atoms with van der Waals surface area (Å²) in [6, 6.07) is 11.0. The van der Waals surface area contributed by atoms with Crippen molar-refractivity contribution in [3.63, 3.8) is 0 Å². The maximum Gasteiger partial charge on any atom is 0.330 e. The molecule has 0 aromatic heterocycles. The molecule has 0 radical (unpaired) electrons. The number of methoxy groups -OCH3 is 8. The minimum absolute atomic E-state index is 0.438. The van der Waals surface area contributed by atoms with Gasteiger partial charge in [0.25, 0.3) is 0 Å². The highest BCUT2D eigenvalue weighted by atomic mass is 16.6. The summed E-state index contributed by atoms with van der Waals surface area (Å²) in [5.41, 5.74) is 3.05. The molecule has 58 heavy (non-hydrogen) atoms. The topological polar surface area (TPSA) is 161 Å². The van der Waals surface area contributed by atoms with Crippen LogP contribution in [0.3, 0.4) is 0 Å². The van der Waals surface area contributed by atoms with E-state index in [0.717, 1.165) is 22.3 Å². The Balaban J connectivity index is 1.39. The van der Waals surface area contributed by atoms with Crippen molar-refractivity contribution in [2.75, 3.05) is 56.9 Å². The van der Waals surface area contributed by atoms with Gasteiger partial charge < -0.3 is 47.4 Å². The van der Waals surface area contributed by atoms with Crippen molar-refractivity contribution in [3.05, 3.63) is 95.1 Å². The van der Waals surface area contributed by atoms with Crippen molar-refractivity contribution in [1.29, 1.82) is 0 Å². The molecular weight excluding hydrogens is 752 g/mol. The summed E-state index contributed by atoms with van der Waals surface area (Å²) in [5.74, 6) is -4.76. The van der Waals surface area contributed by atoms with Crippen molar-refractivity contribution in [1.82, 2.24) is 0 Å². The summed E-state index contributed by atoms with van der Waals surface area (Å²) in [7, 11) is 11.5. The van der Waals surface area contributed by atoms with Crippen LogP contribution in [0.25, 0.3) is 0 Å². The molecule has 12 atom stereocenters. The fraction of sp³-hybridized carbons (Fsp3) is 0.455. The van der Waals surface area contributed by atoms with Crippen molar-refractivity contribution >= 4 is 23.9 Å². The third kappa shape index (κ3) is 6.81. The van der Waals surface area contributed by atoms with Crippen molar-refractivity contribution < 1.29 is 66.5 Å². The Morgan fingerprint density at radius 3 is 1.19 bits per heavy atom. The van der Waals surface area contributed by atoms with Gasteiger partial charge in [-0.25, -0.2) is 9.59 Å². The molecule has 1 aliphatic heterocycles. The average Bonchev–Trinajstić information content (AvgIpc) is 3.27. The van der Waals surface area contributed by atoms with Gasteiger partial charge in [-0.15, -0.1) is 0 Å². The smallest absolute Gasteiger partial charge is 0.330 e. The van der Waals surface area contributed by atoms with Crippen LogP contribution < -0.4 is 18.9 Å². The molecule has 6 aliphatic carbocycles. The van der Waals surface area contributed by atoms with E-state index in [4.69, 9.17) is 47.4 Å². The fourth-order valence-corrected chi connectivity index (χ4v) is 10.1. The Kier molecular flexibility index (Phi) is 11.7. The Bertz CT molecular complexity index is 1920. The number of ether oxygens (including phenoxy) is 10. The third-order valence-electron chi connectivity index (χ3n) is 12.4. The number of hydrogen-bond acceptors (Lipinski definition) is 14. The normalized spacial score (nSPS) is 31.7. The zero-order valence-electron chi connectivity index (χ0n) is 33.6. The number of fused-ring (bicyclic) bond motifs is 2. The number of esters is 4. The van der Waals surface area contributed by atoms with Crippen LogP contribution >= 0.6 is 0 Å². The highest BCUT2D eigenvalue weighted by Gasteiger charge is 2.66. The molecule has 4 bridgehead atoms. The van der Waals surface area contributed by atoms with Gasteiger partial charge in [0.05, 0.1) is 93.1 Å². The van der Waals surface area contributed by atoms with Crippen LogP contribution in [0.2, 0.25) is 0 Å². The molecular formula is C44H48O14. The summed E-state index contributed by atoms with van der Waals surface area (Å²) in [6.45, 7) is 0. The van der Waals surface area contributed by atoms with Gasteiger partial charge in [-0.05, 0) is 46.5 Å². The quantitative estimate of drug-likeness (QED) is 0.168. The Morgan fingerprint density at radius 2 is 0.862 bits per heavy atom. The maximum atomic E-state index is 14.0. The third-order valence-corrected chi connectivity index (χ3v) is 12.4. The predicted octanol–water partition coefficient (Wildman–Crippen LogP) is 4.52. The van der Waals surface area contributed by atoms with Crippen LogP contribution in [-0.2, 0) is 47.6 Å². The minimum Gasteiger partial charge on any atom is -0.493 e. The molecule has 2 saturated carbocycles. The molecule has 2 aromatic carbocycles. The van der Waals surface area contributed by atoms with Gasteiger partial charge in [-0.1, -0.05) is 36.4 Å². The van der Waals surface area contributed by atoms with Gasteiger partial charge in [0.2, 0.25) is 0 Å². The highest BCUT2D eigenvalue weighted by molar-refractivity contribution is 5.83. The fourth-order valence-electron chi connectivity index (χ4n) is 10.1. The molecule has 2 aromatic rings. The monoisotopic (exact) mass is 800 g/mol. The first-order valence-electron chi connectivity index (χ1n) is 18.9. The standard InChI is InChI=1S/C44H48O14/c1-49-27-13-9-23(19-29(27)51-3)33-35-21(11-15-31(45)53-5)17-25(37(33)43(47)55-7)39-41(35)57-40-26-18-22(12-16-32(46)54-6)36(42(40)58-39)34(38(26)44(48)56-8)24-10-14-28(50-2)30(20-24)52-4/h9-20,25-26,33-42H,1-8H3/b15-11-,16-12+/t25-,26-,33+,34+,35+,36+,37+,38+,39-,40-,41+,42+/m1/s1. The molecule has 1 saturated heterocycles. The first-order valence-corrected chi connectivity index (χ1v) is 18.9. The van der Waals surface area contributed by atoms with E-state index in [1.807, 2.05) is 36.4 Å². The predicted molar refractivity (Wildman–Crippen MR) is 205 cm³/mol. The molecule has 308 valence electrons. The van der Waals surface area contributed by atoms with Gasteiger partial charge in [0.15, 0.2) is 23.0 Å². The average molecular weight is 801 g/mol. The minimum atomic E-state index is -0.732. The second-order valence-electron chi connectivity index (χ2n) is 14.8. The lowest BCUT2D eigenvalue weighted by Gasteiger charge is -2.63. The van der Waals surface area contributed by atoms with Crippen molar-refractivity contribution in [3.8, 4) is 23.0 Å². The van der Waals surface area contributed by atoms with E-state index in [1.54, 1.807) is 52.7 Å². The molecule has 3 fully saturated rings. The van der Waals surface area contributed by atoms with E-state index in [0.29, 0.717) is 23.0 Å². The maximum absolute atomic E-state index is 14.0. The lowest BCUT2D eigenvalue weighted by atomic mass is 9.52. The van der Waals surface area contributed by atoms with E-state index in [1.165, 1.54) is 40.6 Å². The van der Waals surface area contributed by atoms with Gasteiger partial charge >= 0.3 is 23.9 Å². The summed E-state index contributed by atoms with van der Waals surface area (Å²) >= 11 is 0. The van der Waals surface area contributed by atoms with Crippen LogP contribution in [0.4, 0.5) is 0 Å². The lowest BCUT2D eigenvalue weighted by Crippen LogP contribution is -2.69. The molecule has 14 heteroatoms. The number of benzene rings is 2. The Hall–Kier alpha value is -5.60. The summed E-state index contributed by atoms with van der Waals surface area (Å²) in [6.07, 6.45) is 7.41. The van der Waals surface area contributed by atoms with Crippen LogP contribution in [0, 0.1) is 35.5 Å². The van der Waals surface area contributed by atoms with E-state index < -0.39 is 95.6 Å². The first kappa shape index (κ1) is 40.6. The van der Waals surface area contributed by atoms with E-state index in [-0.39, 0.29) is 0 Å². The molecule has 0 spiro atoms. The number of allylic oxidation sites excluding steroid dienone is 2. The van der Waals surface area contributed by atoms with Crippen LogP contribution in [0.5, 0.6) is 23.0 Å². The summed E-state index contributed by atoms with van der Waals surface area (Å²) in [5, 5.41) is 0. The number of rotatable bonds is 12. The van der Waals surface area contributed by atoms with E-state index >= 15 is 0 Å². The van der Waals surface area contributed by atoms with Gasteiger partial charge in [0, 0.05) is 47.7 Å². The summed E-state index contributed by atoms with van der Waals surface area (Å²) in [4.78, 5) is 52.9.